The second-order valence-electron chi connectivity index (χ2n) is 14.3. The molecule has 0 bridgehead atoms. The summed E-state index contributed by atoms with van der Waals surface area (Å²) in [5.74, 6) is -4.96. The van der Waals surface area contributed by atoms with Gasteiger partial charge in [-0.05, 0) is 75.9 Å². The molecule has 2 saturated heterocycles. The smallest absolute Gasteiger partial charge is 0.336 e. The van der Waals surface area contributed by atoms with Crippen LogP contribution in [0.5, 0.6) is 0 Å². The lowest BCUT2D eigenvalue weighted by atomic mass is 9.96. The molecule has 2 aliphatic carbocycles. The number of hydrogen-bond acceptors (Lipinski definition) is 8. The van der Waals surface area contributed by atoms with Gasteiger partial charge < -0.3 is 40.9 Å². The summed E-state index contributed by atoms with van der Waals surface area (Å²) in [6.45, 7) is 3.70. The third-order valence-corrected chi connectivity index (χ3v) is 12.0. The second kappa shape index (κ2) is 20.8. The van der Waals surface area contributed by atoms with Gasteiger partial charge in [-0.3, -0.25) is 19.2 Å². The number of aliphatic hydroxyl groups is 1. The number of benzene rings is 2. The number of aliphatic carboxylic acids is 3. The first-order valence-electron chi connectivity index (χ1n) is 18.5. The Morgan fingerprint density at radius 1 is 0.600 bits per heavy atom. The van der Waals surface area contributed by atoms with Gasteiger partial charge in [-0.2, -0.15) is 0 Å². The van der Waals surface area contributed by atoms with Gasteiger partial charge in [0.2, 0.25) is 0 Å². The number of nitrogens with one attached hydrogen (secondary N) is 2. The van der Waals surface area contributed by atoms with Crippen molar-refractivity contribution in [2.24, 2.45) is 0 Å². The fourth-order valence-electron chi connectivity index (χ4n) is 7.71. The van der Waals surface area contributed by atoms with Crippen molar-refractivity contribution in [3.63, 3.8) is 0 Å². The number of halogens is 4. The SMILES string of the molecule is O=C(O)CC(O)(CC(=O)O)C(=O)O.O=C(c1cccc(Cl)c1Cl)N(C1CCCC1)[C@H]1CCNC1.O=C(c1cccc(Cl)c1Cl)N(C1CCCC1)[C@H]1CCNC1. The number of rotatable bonds is 11. The zero-order valence-corrected chi connectivity index (χ0v) is 33.3. The average Bonchev–Trinajstić information content (AvgIpc) is 3.97. The van der Waals surface area contributed by atoms with Crippen molar-refractivity contribution < 1.29 is 44.4 Å². The van der Waals surface area contributed by atoms with Gasteiger partial charge in [-0.15, -0.1) is 0 Å². The molecule has 4 aliphatic rings. The van der Waals surface area contributed by atoms with Gasteiger partial charge in [-0.1, -0.05) is 84.2 Å². The molecule has 302 valence electrons. The molecular formula is C38H48Cl4N4O9. The van der Waals surface area contributed by atoms with Crippen LogP contribution in [-0.2, 0) is 14.4 Å². The minimum absolute atomic E-state index is 0.0306. The highest BCUT2D eigenvalue weighted by molar-refractivity contribution is 6.44. The Balaban J connectivity index is 0.000000190. The van der Waals surface area contributed by atoms with Crippen LogP contribution < -0.4 is 10.6 Å². The van der Waals surface area contributed by atoms with Crippen LogP contribution in [0.2, 0.25) is 20.1 Å². The summed E-state index contributed by atoms with van der Waals surface area (Å²) in [7, 11) is 0. The molecule has 2 atom stereocenters. The number of hydrogen-bond donors (Lipinski definition) is 6. The topological polar surface area (TPSA) is 197 Å². The summed E-state index contributed by atoms with van der Waals surface area (Å²) in [5, 5.41) is 42.2. The van der Waals surface area contributed by atoms with E-state index in [1.807, 2.05) is 0 Å². The first-order chi connectivity index (χ1) is 26.1. The van der Waals surface area contributed by atoms with Gasteiger partial charge >= 0.3 is 17.9 Å². The predicted molar refractivity (Wildman–Crippen MR) is 209 cm³/mol. The zero-order chi connectivity index (χ0) is 40.3. The summed E-state index contributed by atoms with van der Waals surface area (Å²) in [5.41, 5.74) is -1.68. The highest BCUT2D eigenvalue weighted by Gasteiger charge is 2.41. The number of amides is 2. The van der Waals surface area contributed by atoms with E-state index in [9.17, 15) is 24.0 Å². The molecule has 0 unspecified atom stereocenters. The van der Waals surface area contributed by atoms with Gasteiger partial charge in [-0.25, -0.2) is 4.79 Å². The van der Waals surface area contributed by atoms with Gasteiger partial charge in [0.1, 0.15) is 0 Å². The molecule has 2 aromatic rings. The third-order valence-electron chi connectivity index (χ3n) is 10.4. The van der Waals surface area contributed by atoms with Crippen LogP contribution >= 0.6 is 46.4 Å². The monoisotopic (exact) mass is 844 g/mol. The predicted octanol–water partition coefficient (Wildman–Crippen LogP) is 6.23. The Labute approximate surface area is 340 Å². The Kier molecular flexibility index (Phi) is 16.9. The molecule has 2 aromatic carbocycles. The Morgan fingerprint density at radius 2 is 0.964 bits per heavy atom. The number of carboxylic acids is 3. The fraction of sp³-hybridized carbons (Fsp3) is 0.553. The highest BCUT2D eigenvalue weighted by Crippen LogP contribution is 2.34. The van der Waals surface area contributed by atoms with Crippen LogP contribution in [0, 0.1) is 0 Å². The Hall–Kier alpha value is -3.17. The summed E-state index contributed by atoms with van der Waals surface area (Å²) in [6, 6.07) is 11.8. The van der Waals surface area contributed by atoms with E-state index in [0.29, 0.717) is 43.3 Å². The van der Waals surface area contributed by atoms with E-state index >= 15 is 0 Å². The first kappa shape index (κ1) is 44.5. The summed E-state index contributed by atoms with van der Waals surface area (Å²) in [4.78, 5) is 60.7. The quantitative estimate of drug-likeness (QED) is 0.150. The normalized spacial score (nSPS) is 19.9. The van der Waals surface area contributed by atoms with E-state index in [1.54, 1.807) is 36.4 Å². The molecule has 2 saturated carbocycles. The maximum atomic E-state index is 13.0. The number of carbonyl (C=O) groups is 5. The molecule has 4 fully saturated rings. The summed E-state index contributed by atoms with van der Waals surface area (Å²) >= 11 is 24.6. The Bertz CT molecular complexity index is 1530. The fourth-order valence-corrected chi connectivity index (χ4v) is 8.47. The van der Waals surface area contributed by atoms with E-state index in [4.69, 9.17) is 66.8 Å². The zero-order valence-electron chi connectivity index (χ0n) is 30.3. The van der Waals surface area contributed by atoms with E-state index in [-0.39, 0.29) is 23.9 Å². The average molecular weight is 847 g/mol. The molecule has 2 heterocycles. The first-order valence-corrected chi connectivity index (χ1v) is 20.0. The molecule has 13 nitrogen and oxygen atoms in total. The minimum Gasteiger partial charge on any atom is -0.481 e. The number of carboxylic acid groups (broad SMARTS) is 3. The van der Waals surface area contributed by atoms with Crippen molar-refractivity contribution in [2.75, 3.05) is 26.2 Å². The van der Waals surface area contributed by atoms with Crippen molar-refractivity contribution in [3.8, 4) is 0 Å². The lowest BCUT2D eigenvalue weighted by Crippen LogP contribution is -2.47. The van der Waals surface area contributed by atoms with Crippen molar-refractivity contribution in [3.05, 3.63) is 67.6 Å². The minimum atomic E-state index is -2.74. The van der Waals surface area contributed by atoms with Gasteiger partial charge in [0.25, 0.3) is 11.8 Å². The maximum Gasteiger partial charge on any atom is 0.336 e. The van der Waals surface area contributed by atoms with Crippen LogP contribution in [0.25, 0.3) is 0 Å². The van der Waals surface area contributed by atoms with Crippen LogP contribution in [0.15, 0.2) is 36.4 Å². The molecule has 0 aromatic heterocycles. The molecule has 0 spiro atoms. The molecule has 6 N–H and O–H groups in total. The van der Waals surface area contributed by atoms with E-state index in [0.717, 1.165) is 64.7 Å². The molecule has 6 rings (SSSR count). The second-order valence-corrected chi connectivity index (χ2v) is 15.8. The van der Waals surface area contributed by atoms with E-state index in [1.165, 1.54) is 25.7 Å². The van der Waals surface area contributed by atoms with Gasteiger partial charge in [0.05, 0.1) is 44.1 Å². The van der Waals surface area contributed by atoms with Crippen molar-refractivity contribution in [1.82, 2.24) is 20.4 Å². The molecule has 0 radical (unpaired) electrons. The van der Waals surface area contributed by atoms with Crippen LogP contribution in [0.3, 0.4) is 0 Å². The van der Waals surface area contributed by atoms with Crippen molar-refractivity contribution in [1.29, 1.82) is 0 Å². The van der Waals surface area contributed by atoms with Crippen LogP contribution in [-0.4, -0.2) is 116 Å². The summed E-state index contributed by atoms with van der Waals surface area (Å²) < 4.78 is 0. The maximum absolute atomic E-state index is 13.0. The standard InChI is InChI=1S/2C16H20Cl2N2O.C6H8O7/c2*17-14-7-3-6-13(15(14)18)16(21)20(11-4-1-2-5-11)12-8-9-19-10-12;7-3(8)1-6(13,5(11)12)2-4(9)10/h2*3,6-7,11-12,19H,1-2,4-5,8-10H2;13H,1-2H2,(H,7,8)(H,9,10)(H,11,12)/t2*12-;/m00./s1. The molecule has 2 aliphatic heterocycles. The van der Waals surface area contributed by atoms with Crippen LogP contribution in [0.1, 0.15) is 97.8 Å². The van der Waals surface area contributed by atoms with Gasteiger partial charge in [0.15, 0.2) is 5.60 Å². The lowest BCUT2D eigenvalue weighted by Gasteiger charge is -2.34. The number of carbonyl (C=O) groups excluding carboxylic acids is 2. The van der Waals surface area contributed by atoms with Gasteiger partial charge in [0, 0.05) is 37.3 Å². The molecule has 55 heavy (non-hydrogen) atoms. The van der Waals surface area contributed by atoms with Crippen LogP contribution in [0.4, 0.5) is 0 Å². The molecule has 17 heteroatoms. The molecule has 2 amide bonds. The number of nitrogens with zero attached hydrogens (tertiary/aromatic N) is 2. The summed E-state index contributed by atoms with van der Waals surface area (Å²) in [6.07, 6.45) is 8.96. The lowest BCUT2D eigenvalue weighted by molar-refractivity contribution is -0.170. The third kappa shape index (κ3) is 11.9. The van der Waals surface area contributed by atoms with E-state index < -0.39 is 36.4 Å². The van der Waals surface area contributed by atoms with Crippen molar-refractivity contribution >= 4 is 76.1 Å². The largest absolute Gasteiger partial charge is 0.481 e. The Morgan fingerprint density at radius 3 is 1.25 bits per heavy atom. The van der Waals surface area contributed by atoms with E-state index in [2.05, 4.69) is 20.4 Å². The molecular weight excluding hydrogens is 798 g/mol. The highest BCUT2D eigenvalue weighted by atomic mass is 35.5. The van der Waals surface area contributed by atoms with Crippen molar-refractivity contribution in [2.45, 2.75) is 107 Å².